The zero-order valence-electron chi connectivity index (χ0n) is 10.4. The highest BCUT2D eigenvalue weighted by Crippen LogP contribution is 2.28. The minimum atomic E-state index is -2.80. The Morgan fingerprint density at radius 2 is 2.47 bits per heavy atom. The Morgan fingerprint density at radius 1 is 1.74 bits per heavy atom. The second kappa shape index (κ2) is 5.42. The van der Waals surface area contributed by atoms with Crippen molar-refractivity contribution in [3.63, 3.8) is 0 Å². The Labute approximate surface area is 114 Å². The highest BCUT2D eigenvalue weighted by Gasteiger charge is 2.41. The van der Waals surface area contributed by atoms with E-state index in [0.29, 0.717) is 13.0 Å². The number of alkyl halides is 2. The molecule has 1 aromatic heterocycles. The van der Waals surface area contributed by atoms with Gasteiger partial charge in [0.15, 0.2) is 0 Å². The van der Waals surface area contributed by atoms with Gasteiger partial charge in [0.25, 0.3) is 11.8 Å². The quantitative estimate of drug-likeness (QED) is 0.875. The first-order chi connectivity index (χ1) is 8.92. The summed E-state index contributed by atoms with van der Waals surface area (Å²) in [7, 11) is 1.57. The van der Waals surface area contributed by atoms with Crippen LogP contribution in [-0.2, 0) is 7.05 Å². The summed E-state index contributed by atoms with van der Waals surface area (Å²) in [5.41, 5.74) is 0.180. The maximum atomic E-state index is 13.6. The Balaban J connectivity index is 1.97. The maximum absolute atomic E-state index is 13.6. The minimum Gasteiger partial charge on any atom is -0.350 e. The summed E-state index contributed by atoms with van der Waals surface area (Å²) in [5.74, 6) is -4.15. The lowest BCUT2D eigenvalue weighted by Gasteiger charge is -2.31. The Kier molecular flexibility index (Phi) is 4.05. The van der Waals surface area contributed by atoms with Crippen molar-refractivity contribution in [3.8, 4) is 0 Å². The van der Waals surface area contributed by atoms with Gasteiger partial charge in [-0.05, 0) is 13.0 Å². The van der Waals surface area contributed by atoms with E-state index in [1.807, 2.05) is 0 Å². The number of aromatic nitrogens is 2. The average Bonchev–Trinajstić information content (AvgIpc) is 2.67. The highest BCUT2D eigenvalue weighted by molar-refractivity contribution is 6.33. The molecule has 5 nitrogen and oxygen atoms in total. The first-order valence-electron chi connectivity index (χ1n) is 5.96. The first kappa shape index (κ1) is 14.2. The predicted octanol–water partition coefficient (Wildman–Crippen LogP) is 1.05. The molecule has 1 unspecified atom stereocenters. The van der Waals surface area contributed by atoms with Crippen molar-refractivity contribution in [2.75, 3.05) is 19.6 Å². The fraction of sp³-hybridized carbons (Fsp3) is 0.636. The summed E-state index contributed by atoms with van der Waals surface area (Å²) >= 11 is 5.82. The van der Waals surface area contributed by atoms with Gasteiger partial charge in [0.1, 0.15) is 5.69 Å². The summed E-state index contributed by atoms with van der Waals surface area (Å²) in [4.78, 5) is 11.9. The third kappa shape index (κ3) is 3.03. The summed E-state index contributed by atoms with van der Waals surface area (Å²) in [6.45, 7) is 0.109. The largest absolute Gasteiger partial charge is 0.350 e. The summed E-state index contributed by atoms with van der Waals surface area (Å²) in [6, 6.07) is 0. The molecule has 19 heavy (non-hydrogen) atoms. The fourth-order valence-corrected chi connectivity index (χ4v) is 2.36. The molecule has 0 spiro atoms. The van der Waals surface area contributed by atoms with Gasteiger partial charge in [-0.2, -0.15) is 5.10 Å². The number of carbonyl (C=O) groups is 1. The number of nitrogens with zero attached hydrogens (tertiary/aromatic N) is 2. The van der Waals surface area contributed by atoms with E-state index in [-0.39, 0.29) is 23.8 Å². The van der Waals surface area contributed by atoms with Crippen LogP contribution in [0, 0.1) is 5.92 Å². The van der Waals surface area contributed by atoms with Crippen LogP contribution in [0.1, 0.15) is 16.9 Å². The van der Waals surface area contributed by atoms with Crippen LogP contribution in [0.3, 0.4) is 0 Å². The molecule has 1 aromatic rings. The van der Waals surface area contributed by atoms with Crippen molar-refractivity contribution in [2.24, 2.45) is 13.0 Å². The van der Waals surface area contributed by atoms with Crippen LogP contribution >= 0.6 is 11.6 Å². The van der Waals surface area contributed by atoms with Gasteiger partial charge in [-0.25, -0.2) is 8.78 Å². The van der Waals surface area contributed by atoms with Crippen molar-refractivity contribution in [1.29, 1.82) is 0 Å². The van der Waals surface area contributed by atoms with Gasteiger partial charge in [0, 0.05) is 19.5 Å². The number of hydrogen-bond acceptors (Lipinski definition) is 3. The lowest BCUT2D eigenvalue weighted by Crippen LogP contribution is -2.50. The zero-order valence-corrected chi connectivity index (χ0v) is 11.2. The lowest BCUT2D eigenvalue weighted by atomic mass is 9.94. The van der Waals surface area contributed by atoms with E-state index in [9.17, 15) is 13.6 Å². The number of aryl methyl sites for hydroxylation is 1. The van der Waals surface area contributed by atoms with E-state index in [0.717, 1.165) is 0 Å². The van der Waals surface area contributed by atoms with E-state index < -0.39 is 17.7 Å². The molecule has 0 radical (unpaired) electrons. The molecule has 2 rings (SSSR count). The molecule has 1 saturated heterocycles. The van der Waals surface area contributed by atoms with Crippen LogP contribution in [-0.4, -0.2) is 41.2 Å². The normalized spacial score (nSPS) is 22.2. The Bertz CT molecular complexity index is 458. The summed E-state index contributed by atoms with van der Waals surface area (Å²) < 4.78 is 28.4. The molecule has 1 aliphatic rings. The van der Waals surface area contributed by atoms with Crippen molar-refractivity contribution in [3.05, 3.63) is 16.9 Å². The number of carbonyl (C=O) groups excluding carboxylic acids is 1. The molecular formula is C11H15ClF2N4O. The molecule has 1 atom stereocenters. The minimum absolute atomic E-state index is 0.0744. The van der Waals surface area contributed by atoms with Crippen molar-refractivity contribution < 1.29 is 13.6 Å². The molecular weight excluding hydrogens is 278 g/mol. The number of hydrogen-bond donors (Lipinski definition) is 2. The Morgan fingerprint density at radius 3 is 3.05 bits per heavy atom. The number of nitrogens with one attached hydrogen (secondary N) is 2. The molecule has 8 heteroatoms. The second-order valence-electron chi connectivity index (χ2n) is 4.60. The SMILES string of the molecule is Cn1ncc(Cl)c1C(=O)NCC1CCNCC1(F)F. The van der Waals surface area contributed by atoms with E-state index >= 15 is 0 Å². The van der Waals surface area contributed by atoms with Crippen LogP contribution < -0.4 is 10.6 Å². The van der Waals surface area contributed by atoms with Crippen LogP contribution in [0.25, 0.3) is 0 Å². The average molecular weight is 293 g/mol. The van der Waals surface area contributed by atoms with Gasteiger partial charge in [-0.1, -0.05) is 11.6 Å². The molecule has 0 aliphatic carbocycles. The van der Waals surface area contributed by atoms with Crippen LogP contribution in [0.15, 0.2) is 6.20 Å². The topological polar surface area (TPSA) is 59.0 Å². The fourth-order valence-electron chi connectivity index (χ4n) is 2.10. The predicted molar refractivity (Wildman–Crippen MR) is 66.5 cm³/mol. The van der Waals surface area contributed by atoms with Gasteiger partial charge in [0.05, 0.1) is 17.8 Å². The zero-order chi connectivity index (χ0) is 14.0. The number of halogens is 3. The smallest absolute Gasteiger partial charge is 0.271 e. The van der Waals surface area contributed by atoms with Gasteiger partial charge in [0.2, 0.25) is 0 Å². The van der Waals surface area contributed by atoms with Crippen LogP contribution in [0.5, 0.6) is 0 Å². The van der Waals surface area contributed by atoms with Crippen molar-refractivity contribution in [2.45, 2.75) is 12.3 Å². The number of piperidine rings is 1. The van der Waals surface area contributed by atoms with Gasteiger partial charge in [-0.3, -0.25) is 9.48 Å². The Hall–Kier alpha value is -1.21. The van der Waals surface area contributed by atoms with Crippen molar-refractivity contribution >= 4 is 17.5 Å². The molecule has 0 bridgehead atoms. The second-order valence-corrected chi connectivity index (χ2v) is 5.01. The number of amides is 1. The van der Waals surface area contributed by atoms with Crippen LogP contribution in [0.2, 0.25) is 5.02 Å². The monoisotopic (exact) mass is 292 g/mol. The summed E-state index contributed by atoms with van der Waals surface area (Å²) in [5, 5.41) is 9.17. The van der Waals surface area contributed by atoms with E-state index in [2.05, 4.69) is 15.7 Å². The third-order valence-corrected chi connectivity index (χ3v) is 3.52. The lowest BCUT2D eigenvalue weighted by molar-refractivity contribution is -0.0712. The van der Waals surface area contributed by atoms with Crippen molar-refractivity contribution in [1.82, 2.24) is 20.4 Å². The van der Waals surface area contributed by atoms with Gasteiger partial charge < -0.3 is 10.6 Å². The molecule has 106 valence electrons. The van der Waals surface area contributed by atoms with Gasteiger partial charge in [-0.15, -0.1) is 0 Å². The number of rotatable bonds is 3. The maximum Gasteiger partial charge on any atom is 0.271 e. The van der Waals surface area contributed by atoms with E-state index in [1.54, 1.807) is 7.05 Å². The van der Waals surface area contributed by atoms with E-state index in [4.69, 9.17) is 11.6 Å². The molecule has 0 saturated carbocycles. The van der Waals surface area contributed by atoms with Gasteiger partial charge >= 0.3 is 0 Å². The molecule has 1 fully saturated rings. The molecule has 2 heterocycles. The van der Waals surface area contributed by atoms with E-state index in [1.165, 1.54) is 10.9 Å². The molecule has 0 aromatic carbocycles. The summed E-state index contributed by atoms with van der Waals surface area (Å²) in [6.07, 6.45) is 1.67. The molecule has 2 N–H and O–H groups in total. The molecule has 1 aliphatic heterocycles. The highest BCUT2D eigenvalue weighted by atomic mass is 35.5. The third-order valence-electron chi connectivity index (χ3n) is 3.25. The standard InChI is InChI=1S/C11H15ClF2N4O/c1-18-9(8(12)5-17-18)10(19)16-4-7-2-3-15-6-11(7,13)14/h5,7,15H,2-4,6H2,1H3,(H,16,19). The first-order valence-corrected chi connectivity index (χ1v) is 6.34. The van der Waals surface area contributed by atoms with Crippen LogP contribution in [0.4, 0.5) is 8.78 Å². The molecule has 1 amide bonds.